The fourth-order valence-corrected chi connectivity index (χ4v) is 12.2. The van der Waals surface area contributed by atoms with Gasteiger partial charge < -0.3 is 53.4 Å². The quantitative estimate of drug-likeness (QED) is 0.0566. The SMILES string of the molecule is COC(=O)N[C@H](C(=O)N1CCC[C@H]1c1ncc(-c2ccc(C3CCN(c4ccc(-c5cnc([C@@H]6CCCN6C(=O)[C@@H](NC(=O)OC)C(C)C)n5COCC[Si](C)(C)C)cc4)CC3)cc2)n1COCC[Si](C)(C)C)C(C)C. The number of anilines is 1. The van der Waals surface area contributed by atoms with Gasteiger partial charge in [0.05, 0.1) is 50.1 Å². The molecule has 0 saturated carbocycles. The number of hydrogen-bond acceptors (Lipinski definition) is 11. The smallest absolute Gasteiger partial charge is 0.407 e. The topological polar surface area (TPSA) is 175 Å². The molecule has 0 unspecified atom stereocenters. The maximum Gasteiger partial charge on any atom is 0.407 e. The Morgan fingerprint density at radius 3 is 1.38 bits per heavy atom. The second kappa shape index (κ2) is 25.8. The highest BCUT2D eigenvalue weighted by atomic mass is 28.3. The highest BCUT2D eigenvalue weighted by molar-refractivity contribution is 6.76. The molecule has 0 radical (unpaired) electrons. The van der Waals surface area contributed by atoms with Gasteiger partial charge in [0.25, 0.3) is 0 Å². The van der Waals surface area contributed by atoms with Gasteiger partial charge >= 0.3 is 12.2 Å². The molecule has 4 amide bonds. The first kappa shape index (κ1) is 58.2. The van der Waals surface area contributed by atoms with Crippen molar-refractivity contribution in [3.8, 4) is 22.5 Å². The number of rotatable bonds is 22. The summed E-state index contributed by atoms with van der Waals surface area (Å²) in [5.41, 5.74) is 6.47. The van der Waals surface area contributed by atoms with E-state index in [2.05, 4.69) is 112 Å². The van der Waals surface area contributed by atoms with Crippen molar-refractivity contribution < 1.29 is 38.1 Å². The number of benzene rings is 2. The Morgan fingerprint density at radius 2 is 1.00 bits per heavy atom. The van der Waals surface area contributed by atoms with Crippen molar-refractivity contribution in [3.05, 3.63) is 78.1 Å². The molecule has 2 aromatic heterocycles. The maximum atomic E-state index is 14.1. The van der Waals surface area contributed by atoms with Gasteiger partial charge in [0, 0.05) is 61.2 Å². The van der Waals surface area contributed by atoms with E-state index in [0.717, 1.165) is 97.9 Å². The minimum Gasteiger partial charge on any atom is -0.453 e. The van der Waals surface area contributed by atoms with Gasteiger partial charge in [-0.05, 0) is 97.2 Å². The molecule has 5 heterocycles. The number of likely N-dealkylation sites (tertiary alicyclic amines) is 2. The summed E-state index contributed by atoms with van der Waals surface area (Å²) < 4.78 is 26.8. The number of carbonyl (C=O) groups excluding carboxylic acids is 4. The van der Waals surface area contributed by atoms with E-state index in [1.165, 1.54) is 25.5 Å². The zero-order valence-electron chi connectivity index (χ0n) is 47.5. The van der Waals surface area contributed by atoms with Gasteiger partial charge in [0.15, 0.2) is 0 Å². The first-order valence-corrected chi connectivity index (χ1v) is 35.1. The molecule has 0 aliphatic carbocycles. The molecule has 2 N–H and O–H groups in total. The van der Waals surface area contributed by atoms with Crippen LogP contribution in [0, 0.1) is 11.8 Å². The first-order valence-electron chi connectivity index (χ1n) is 27.7. The number of aromatic nitrogens is 4. The summed E-state index contributed by atoms with van der Waals surface area (Å²) in [5, 5.41) is 5.54. The normalized spacial score (nSPS) is 18.4. The van der Waals surface area contributed by atoms with Gasteiger partial charge in [-0.25, -0.2) is 19.6 Å². The third-order valence-electron chi connectivity index (χ3n) is 15.4. The molecule has 3 saturated heterocycles. The van der Waals surface area contributed by atoms with Gasteiger partial charge in [0.2, 0.25) is 11.8 Å². The highest BCUT2D eigenvalue weighted by Gasteiger charge is 2.40. The fourth-order valence-electron chi connectivity index (χ4n) is 10.7. The lowest BCUT2D eigenvalue weighted by atomic mass is 9.88. The zero-order valence-corrected chi connectivity index (χ0v) is 49.5. The highest BCUT2D eigenvalue weighted by Crippen LogP contribution is 2.39. The van der Waals surface area contributed by atoms with Crippen LogP contribution < -0.4 is 15.5 Å². The Morgan fingerprint density at radius 1 is 0.592 bits per heavy atom. The molecule has 19 heteroatoms. The van der Waals surface area contributed by atoms with Crippen LogP contribution in [0.25, 0.3) is 22.5 Å². The number of ether oxygens (including phenoxy) is 4. The molecule has 0 spiro atoms. The number of carbonyl (C=O) groups is 4. The van der Waals surface area contributed by atoms with E-state index >= 15 is 0 Å². The van der Waals surface area contributed by atoms with Gasteiger partial charge in [-0.1, -0.05) is 103 Å². The van der Waals surface area contributed by atoms with E-state index in [-0.39, 0.29) is 35.7 Å². The molecule has 17 nitrogen and oxygen atoms in total. The van der Waals surface area contributed by atoms with Crippen molar-refractivity contribution in [2.45, 2.75) is 161 Å². The van der Waals surface area contributed by atoms with E-state index < -0.39 is 40.4 Å². The minimum absolute atomic E-state index is 0.126. The number of amides is 4. The lowest BCUT2D eigenvalue weighted by molar-refractivity contribution is -0.136. The molecule has 4 atom stereocenters. The molecule has 76 heavy (non-hydrogen) atoms. The molecule has 7 rings (SSSR count). The standard InChI is InChI=1S/C57H87N9O8Si2/c1-39(2)50(60-56(69)71-5)54(67)63-27-13-15-46(63)52-58-35-48(65(52)37-73-31-33-75(7,8)9)43-19-17-41(18-20-43)42-25-29-62(30-26-42)45-23-21-44(22-24-45)49-36-59-53(66(49)38-74-32-34-76(10,11)12)47-16-14-28-64(47)55(68)51(40(3)4)61-57(70)72-6/h17-24,35-36,39-40,42,46-47,50-51H,13-16,25-34,37-38H2,1-12H3,(H,60,69)(H,61,70)/t46-,47-,50-,51-/m0/s1. The van der Waals surface area contributed by atoms with Crippen LogP contribution >= 0.6 is 0 Å². The van der Waals surface area contributed by atoms with Crippen molar-refractivity contribution in [3.63, 3.8) is 0 Å². The first-order chi connectivity index (χ1) is 36.2. The lowest BCUT2D eigenvalue weighted by Gasteiger charge is -2.34. The van der Waals surface area contributed by atoms with Crippen LogP contribution in [-0.4, -0.2) is 135 Å². The van der Waals surface area contributed by atoms with Gasteiger partial charge in [-0.3, -0.25) is 9.59 Å². The van der Waals surface area contributed by atoms with E-state index in [4.69, 9.17) is 28.9 Å². The van der Waals surface area contributed by atoms with Crippen molar-refractivity contribution in [2.75, 3.05) is 58.5 Å². The van der Waals surface area contributed by atoms with E-state index in [9.17, 15) is 19.2 Å². The second-order valence-electron chi connectivity index (χ2n) is 24.1. The number of hydrogen-bond donors (Lipinski definition) is 2. The minimum atomic E-state index is -1.33. The van der Waals surface area contributed by atoms with Crippen molar-refractivity contribution >= 4 is 45.8 Å². The van der Waals surface area contributed by atoms with Gasteiger partial charge in [-0.2, -0.15) is 0 Å². The van der Waals surface area contributed by atoms with Crippen LogP contribution in [0.1, 0.15) is 101 Å². The summed E-state index contributed by atoms with van der Waals surface area (Å²) in [7, 11) is -0.0358. The Hall–Kier alpha value is -5.51. The van der Waals surface area contributed by atoms with Crippen LogP contribution in [-0.2, 0) is 42.0 Å². The monoisotopic (exact) mass is 1080 g/mol. The number of imidazole rings is 2. The summed E-state index contributed by atoms with van der Waals surface area (Å²) in [5.74, 6) is 1.50. The van der Waals surface area contributed by atoms with Crippen LogP contribution in [0.5, 0.6) is 0 Å². The van der Waals surface area contributed by atoms with E-state index in [0.29, 0.717) is 45.7 Å². The Labute approximate surface area is 453 Å². The molecule has 3 aliphatic heterocycles. The lowest BCUT2D eigenvalue weighted by Crippen LogP contribution is -2.51. The van der Waals surface area contributed by atoms with Crippen molar-refractivity contribution in [2.24, 2.45) is 11.8 Å². The predicted octanol–water partition coefficient (Wildman–Crippen LogP) is 10.5. The van der Waals surface area contributed by atoms with Crippen molar-refractivity contribution in [1.29, 1.82) is 0 Å². The van der Waals surface area contributed by atoms with E-state index in [1.807, 2.05) is 49.9 Å². The van der Waals surface area contributed by atoms with E-state index in [1.54, 1.807) is 0 Å². The molecular formula is C57H87N9O8Si2. The maximum absolute atomic E-state index is 14.1. The Balaban J connectivity index is 1.04. The number of alkyl carbamates (subject to hydrolysis) is 2. The summed E-state index contributed by atoms with van der Waals surface area (Å²) in [6.45, 7) is 26.8. The van der Waals surface area contributed by atoms with Gasteiger partial charge in [-0.15, -0.1) is 0 Å². The summed E-state index contributed by atoms with van der Waals surface area (Å²) in [6.07, 6.45) is 7.85. The van der Waals surface area contributed by atoms with Crippen LogP contribution in [0.4, 0.5) is 15.3 Å². The van der Waals surface area contributed by atoms with Gasteiger partial charge in [0.1, 0.15) is 37.2 Å². The average molecular weight is 1080 g/mol. The number of nitrogens with one attached hydrogen (secondary N) is 2. The second-order valence-corrected chi connectivity index (χ2v) is 35.3. The fraction of sp³-hybridized carbons (Fsp3) is 0.614. The zero-order chi connectivity index (χ0) is 54.9. The summed E-state index contributed by atoms with van der Waals surface area (Å²) >= 11 is 0. The molecule has 416 valence electrons. The number of nitrogens with zero attached hydrogens (tertiary/aromatic N) is 7. The number of piperidine rings is 1. The third-order valence-corrected chi connectivity index (χ3v) is 18.8. The molecule has 3 fully saturated rings. The van der Waals surface area contributed by atoms with Crippen LogP contribution in [0.3, 0.4) is 0 Å². The molecule has 2 aromatic carbocycles. The number of methoxy groups -OCH3 is 2. The predicted molar refractivity (Wildman–Crippen MR) is 303 cm³/mol. The van der Waals surface area contributed by atoms with Crippen LogP contribution in [0.2, 0.25) is 51.4 Å². The molecule has 4 aromatic rings. The summed E-state index contributed by atoms with van der Waals surface area (Å²) in [6, 6.07) is 17.8. The third kappa shape index (κ3) is 14.5. The Bertz CT molecular complexity index is 2390. The molecule has 0 bridgehead atoms. The van der Waals surface area contributed by atoms with Crippen molar-refractivity contribution in [1.82, 2.24) is 39.5 Å². The molecular weight excluding hydrogens is 995 g/mol. The average Bonchev–Trinajstić information content (AvgIpc) is 4.24. The summed E-state index contributed by atoms with van der Waals surface area (Å²) in [4.78, 5) is 68.9. The largest absolute Gasteiger partial charge is 0.453 e. The van der Waals surface area contributed by atoms with Crippen LogP contribution in [0.15, 0.2) is 60.9 Å². The Kier molecular flexibility index (Phi) is 19.7. The molecule has 3 aliphatic rings.